The molecular formula is C12H14FNO3. The first-order valence-electron chi connectivity index (χ1n) is 5.55. The van der Waals surface area contributed by atoms with Crippen molar-refractivity contribution >= 4 is 5.78 Å². The summed E-state index contributed by atoms with van der Waals surface area (Å²) in [5, 5.41) is 0. The lowest BCUT2D eigenvalue weighted by molar-refractivity contribution is 0.0981. The minimum absolute atomic E-state index is 0.0136. The quantitative estimate of drug-likeness (QED) is 0.812. The van der Waals surface area contributed by atoms with Crippen LogP contribution in [0.4, 0.5) is 4.39 Å². The molecule has 0 fully saturated rings. The molecular weight excluding hydrogens is 225 g/mol. The summed E-state index contributed by atoms with van der Waals surface area (Å²) in [5.74, 6) is -0.137. The Balaban J connectivity index is 2.35. The number of fused-ring (bicyclic) bond motifs is 1. The maximum atomic E-state index is 13.7. The predicted octanol–water partition coefficient (Wildman–Crippen LogP) is 1.52. The molecule has 1 aromatic rings. The highest BCUT2D eigenvalue weighted by atomic mass is 19.1. The largest absolute Gasteiger partial charge is 0.490 e. The lowest BCUT2D eigenvalue weighted by Crippen LogP contribution is -2.10. The lowest BCUT2D eigenvalue weighted by atomic mass is 10.1. The van der Waals surface area contributed by atoms with E-state index in [1.165, 1.54) is 12.1 Å². The van der Waals surface area contributed by atoms with Gasteiger partial charge in [-0.2, -0.15) is 0 Å². The third-order valence-electron chi connectivity index (χ3n) is 2.51. The van der Waals surface area contributed by atoms with Crippen LogP contribution in [-0.2, 0) is 0 Å². The minimum Gasteiger partial charge on any atom is -0.490 e. The molecule has 0 radical (unpaired) electrons. The summed E-state index contributed by atoms with van der Waals surface area (Å²) in [5.41, 5.74) is 5.29. The van der Waals surface area contributed by atoms with Crippen molar-refractivity contribution in [3.05, 3.63) is 23.5 Å². The second-order valence-electron chi connectivity index (χ2n) is 3.79. The van der Waals surface area contributed by atoms with Crippen LogP contribution >= 0.6 is 0 Å². The normalized spacial score (nSPS) is 14.2. The number of Topliss-reactive ketones (excluding diaryl/α,β-unsaturated/α-hetero) is 1. The molecule has 5 heteroatoms. The molecule has 0 aliphatic carbocycles. The second-order valence-corrected chi connectivity index (χ2v) is 3.79. The number of carbonyl (C=O) groups is 1. The predicted molar refractivity (Wildman–Crippen MR) is 60.0 cm³/mol. The number of hydrogen-bond acceptors (Lipinski definition) is 4. The van der Waals surface area contributed by atoms with Crippen molar-refractivity contribution < 1.29 is 18.7 Å². The van der Waals surface area contributed by atoms with Crippen molar-refractivity contribution in [2.75, 3.05) is 19.8 Å². The highest BCUT2D eigenvalue weighted by molar-refractivity contribution is 5.97. The van der Waals surface area contributed by atoms with Gasteiger partial charge in [0.15, 0.2) is 17.3 Å². The summed E-state index contributed by atoms with van der Waals surface area (Å²) in [6.07, 6.45) is 0.860. The molecule has 1 aliphatic rings. The Kier molecular flexibility index (Phi) is 3.58. The standard InChI is InChI=1S/C12H14FNO3/c13-9-7-12-11(16-4-1-5-17-12)6-8(9)10(15)2-3-14/h6-7H,1-5,14H2. The molecule has 0 spiro atoms. The van der Waals surface area contributed by atoms with Crippen molar-refractivity contribution in [2.24, 2.45) is 5.73 Å². The van der Waals surface area contributed by atoms with Gasteiger partial charge in [-0.1, -0.05) is 0 Å². The van der Waals surface area contributed by atoms with Crippen LogP contribution in [0, 0.1) is 5.82 Å². The zero-order valence-corrected chi connectivity index (χ0v) is 9.37. The second kappa shape index (κ2) is 5.14. The van der Waals surface area contributed by atoms with Gasteiger partial charge in [-0.15, -0.1) is 0 Å². The van der Waals surface area contributed by atoms with Crippen LogP contribution in [0.15, 0.2) is 12.1 Å². The fourth-order valence-electron chi connectivity index (χ4n) is 1.66. The van der Waals surface area contributed by atoms with Gasteiger partial charge in [-0.05, 0) is 12.6 Å². The summed E-state index contributed by atoms with van der Waals surface area (Å²) >= 11 is 0. The van der Waals surface area contributed by atoms with Gasteiger partial charge >= 0.3 is 0 Å². The molecule has 0 saturated carbocycles. The SMILES string of the molecule is NCCC(=O)c1cc2c(cc1F)OCCCO2. The van der Waals surface area contributed by atoms with Crippen LogP contribution in [0.2, 0.25) is 0 Å². The first-order chi connectivity index (χ1) is 8.22. The van der Waals surface area contributed by atoms with E-state index in [2.05, 4.69) is 0 Å². The van der Waals surface area contributed by atoms with Crippen molar-refractivity contribution in [1.29, 1.82) is 0 Å². The smallest absolute Gasteiger partial charge is 0.167 e. The Labute approximate surface area is 98.5 Å². The highest BCUT2D eigenvalue weighted by Crippen LogP contribution is 2.32. The molecule has 17 heavy (non-hydrogen) atoms. The van der Waals surface area contributed by atoms with Crippen LogP contribution in [0.3, 0.4) is 0 Å². The third kappa shape index (κ3) is 2.55. The van der Waals surface area contributed by atoms with Crippen LogP contribution in [-0.4, -0.2) is 25.5 Å². The number of benzene rings is 1. The van der Waals surface area contributed by atoms with E-state index in [0.717, 1.165) is 6.42 Å². The van der Waals surface area contributed by atoms with Gasteiger partial charge in [0.1, 0.15) is 5.82 Å². The average Bonchev–Trinajstić information content (AvgIpc) is 2.52. The van der Waals surface area contributed by atoms with Gasteiger partial charge in [-0.3, -0.25) is 4.79 Å². The number of ketones is 1. The monoisotopic (exact) mass is 239 g/mol. The van der Waals surface area contributed by atoms with Crippen LogP contribution in [0.1, 0.15) is 23.2 Å². The van der Waals surface area contributed by atoms with Gasteiger partial charge in [-0.25, -0.2) is 4.39 Å². The molecule has 0 atom stereocenters. The van der Waals surface area contributed by atoms with E-state index in [0.29, 0.717) is 24.7 Å². The molecule has 0 unspecified atom stereocenters. The van der Waals surface area contributed by atoms with Crippen LogP contribution in [0.25, 0.3) is 0 Å². The van der Waals surface area contributed by atoms with Gasteiger partial charge in [0.05, 0.1) is 18.8 Å². The molecule has 4 nitrogen and oxygen atoms in total. The first-order valence-corrected chi connectivity index (χ1v) is 5.55. The summed E-state index contributed by atoms with van der Waals surface area (Å²) in [7, 11) is 0. The summed E-state index contributed by atoms with van der Waals surface area (Å²) in [6.45, 7) is 1.19. The van der Waals surface area contributed by atoms with Gasteiger partial charge in [0.25, 0.3) is 0 Å². The van der Waals surface area contributed by atoms with E-state index in [4.69, 9.17) is 15.2 Å². The summed E-state index contributed by atoms with van der Waals surface area (Å²) in [6, 6.07) is 2.60. The zero-order chi connectivity index (χ0) is 12.3. The maximum Gasteiger partial charge on any atom is 0.167 e. The number of rotatable bonds is 3. The summed E-state index contributed by atoms with van der Waals surface area (Å²) < 4.78 is 24.4. The Morgan fingerprint density at radius 3 is 2.59 bits per heavy atom. The number of ether oxygens (including phenoxy) is 2. The zero-order valence-electron chi connectivity index (χ0n) is 9.37. The van der Waals surface area contributed by atoms with Crippen molar-refractivity contribution in [1.82, 2.24) is 0 Å². The fourth-order valence-corrected chi connectivity index (χ4v) is 1.66. The molecule has 1 heterocycles. The van der Waals surface area contributed by atoms with Crippen molar-refractivity contribution in [3.8, 4) is 11.5 Å². The number of halogens is 1. The van der Waals surface area contributed by atoms with Crippen molar-refractivity contribution in [2.45, 2.75) is 12.8 Å². The number of carbonyl (C=O) groups excluding carboxylic acids is 1. The maximum absolute atomic E-state index is 13.7. The topological polar surface area (TPSA) is 61.6 Å². The average molecular weight is 239 g/mol. The Morgan fingerprint density at radius 1 is 1.29 bits per heavy atom. The first kappa shape index (κ1) is 11.9. The van der Waals surface area contributed by atoms with Gasteiger partial charge in [0, 0.05) is 18.9 Å². The van der Waals surface area contributed by atoms with Crippen LogP contribution < -0.4 is 15.2 Å². The minimum atomic E-state index is -0.590. The lowest BCUT2D eigenvalue weighted by Gasteiger charge is -2.09. The van der Waals surface area contributed by atoms with E-state index >= 15 is 0 Å². The molecule has 0 saturated heterocycles. The summed E-state index contributed by atoms with van der Waals surface area (Å²) in [4.78, 5) is 11.6. The van der Waals surface area contributed by atoms with Crippen molar-refractivity contribution in [3.63, 3.8) is 0 Å². The Hall–Kier alpha value is -1.62. The highest BCUT2D eigenvalue weighted by Gasteiger charge is 2.18. The number of hydrogen-bond donors (Lipinski definition) is 1. The van der Waals surface area contributed by atoms with E-state index in [-0.39, 0.29) is 24.3 Å². The van der Waals surface area contributed by atoms with E-state index < -0.39 is 5.82 Å². The molecule has 2 N–H and O–H groups in total. The molecule has 92 valence electrons. The molecule has 1 aromatic carbocycles. The fraction of sp³-hybridized carbons (Fsp3) is 0.417. The Bertz CT molecular complexity index is 434. The Morgan fingerprint density at radius 2 is 1.94 bits per heavy atom. The third-order valence-corrected chi connectivity index (χ3v) is 2.51. The molecule has 0 amide bonds. The molecule has 0 bridgehead atoms. The van der Waals surface area contributed by atoms with E-state index in [9.17, 15) is 9.18 Å². The molecule has 1 aliphatic heterocycles. The number of nitrogens with two attached hydrogens (primary N) is 1. The van der Waals surface area contributed by atoms with Gasteiger partial charge in [0.2, 0.25) is 0 Å². The van der Waals surface area contributed by atoms with Gasteiger partial charge < -0.3 is 15.2 Å². The van der Waals surface area contributed by atoms with E-state index in [1.54, 1.807) is 0 Å². The molecule has 2 rings (SSSR count). The molecule has 0 aromatic heterocycles. The van der Waals surface area contributed by atoms with Crippen LogP contribution in [0.5, 0.6) is 11.5 Å². The van der Waals surface area contributed by atoms with E-state index in [1.807, 2.05) is 0 Å².